The van der Waals surface area contributed by atoms with E-state index in [1.54, 1.807) is 0 Å². The maximum absolute atomic E-state index is 9.69. The second-order valence-electron chi connectivity index (χ2n) is 5.10. The summed E-state index contributed by atoms with van der Waals surface area (Å²) in [6.07, 6.45) is 3.49. The third kappa shape index (κ3) is 2.58. The molecule has 1 saturated carbocycles. The summed E-state index contributed by atoms with van der Waals surface area (Å²) >= 11 is 1.87. The van der Waals surface area contributed by atoms with Crippen molar-refractivity contribution in [1.82, 2.24) is 5.32 Å². The van der Waals surface area contributed by atoms with E-state index in [1.165, 1.54) is 16.9 Å². The van der Waals surface area contributed by atoms with Crippen molar-refractivity contribution in [2.45, 2.75) is 37.1 Å². The highest BCUT2D eigenvalue weighted by Crippen LogP contribution is 2.49. The number of hydrogen-bond acceptors (Lipinski definition) is 3. The Kier molecular flexibility index (Phi) is 4.71. The fraction of sp³-hybridized carbons (Fsp3) is 0.600. The molecular formula is C15H23NOS. The summed E-state index contributed by atoms with van der Waals surface area (Å²) < 4.78 is 0. The van der Waals surface area contributed by atoms with Gasteiger partial charge in [-0.15, -0.1) is 11.8 Å². The average Bonchev–Trinajstić information content (AvgIpc) is 2.35. The van der Waals surface area contributed by atoms with Gasteiger partial charge in [0.1, 0.15) is 0 Å². The number of aliphatic hydroxyl groups is 1. The first-order valence-electron chi connectivity index (χ1n) is 6.76. The van der Waals surface area contributed by atoms with Crippen LogP contribution in [0.5, 0.6) is 0 Å². The summed E-state index contributed by atoms with van der Waals surface area (Å²) in [5.74, 6) is 1.11. The van der Waals surface area contributed by atoms with Gasteiger partial charge >= 0.3 is 0 Å². The SMILES string of the molecule is CCSc1ccc(C(NC)C2(CO)CCC2)cc1. The number of rotatable bonds is 6. The topological polar surface area (TPSA) is 32.3 Å². The number of thioether (sulfide) groups is 1. The molecule has 1 aromatic rings. The Balaban J connectivity index is 2.17. The predicted molar refractivity (Wildman–Crippen MR) is 78.0 cm³/mol. The minimum absolute atomic E-state index is 0.0637. The van der Waals surface area contributed by atoms with E-state index in [9.17, 15) is 5.11 Å². The van der Waals surface area contributed by atoms with Gasteiger partial charge in [-0.25, -0.2) is 0 Å². The van der Waals surface area contributed by atoms with Crippen LogP contribution in [-0.4, -0.2) is 24.5 Å². The van der Waals surface area contributed by atoms with Gasteiger partial charge < -0.3 is 10.4 Å². The summed E-state index contributed by atoms with van der Waals surface area (Å²) in [4.78, 5) is 1.32. The van der Waals surface area contributed by atoms with E-state index >= 15 is 0 Å². The van der Waals surface area contributed by atoms with Crippen LogP contribution in [0.15, 0.2) is 29.2 Å². The maximum atomic E-state index is 9.69. The zero-order valence-corrected chi connectivity index (χ0v) is 12.1. The molecule has 0 amide bonds. The van der Waals surface area contributed by atoms with Gasteiger partial charge in [-0.1, -0.05) is 25.5 Å². The van der Waals surface area contributed by atoms with Gasteiger partial charge in [0.15, 0.2) is 0 Å². The third-order valence-electron chi connectivity index (χ3n) is 4.09. The Morgan fingerprint density at radius 1 is 1.33 bits per heavy atom. The van der Waals surface area contributed by atoms with E-state index in [-0.39, 0.29) is 18.1 Å². The van der Waals surface area contributed by atoms with Crippen molar-refractivity contribution in [3.8, 4) is 0 Å². The Morgan fingerprint density at radius 2 is 2.00 bits per heavy atom. The van der Waals surface area contributed by atoms with Crippen molar-refractivity contribution in [1.29, 1.82) is 0 Å². The van der Waals surface area contributed by atoms with E-state index < -0.39 is 0 Å². The summed E-state index contributed by atoms with van der Waals surface area (Å²) in [6, 6.07) is 9.07. The molecule has 18 heavy (non-hydrogen) atoms. The quantitative estimate of drug-likeness (QED) is 0.775. The molecule has 0 aliphatic heterocycles. The molecule has 1 fully saturated rings. The molecule has 2 N–H and O–H groups in total. The van der Waals surface area contributed by atoms with E-state index in [0.717, 1.165) is 18.6 Å². The standard InChI is InChI=1S/C15H23NOS/c1-3-18-13-7-5-12(6-8-13)14(16-2)15(11-17)9-4-10-15/h5-8,14,16-17H,3-4,9-11H2,1-2H3. The first-order chi connectivity index (χ1) is 8.75. The second-order valence-corrected chi connectivity index (χ2v) is 6.44. The molecule has 0 aromatic heterocycles. The van der Waals surface area contributed by atoms with Gasteiger partial charge in [0.2, 0.25) is 0 Å². The fourth-order valence-electron chi connectivity index (χ4n) is 2.92. The van der Waals surface area contributed by atoms with Crippen LogP contribution in [0.3, 0.4) is 0 Å². The zero-order valence-electron chi connectivity index (χ0n) is 11.3. The number of nitrogens with one attached hydrogen (secondary N) is 1. The van der Waals surface area contributed by atoms with Crippen LogP contribution in [-0.2, 0) is 0 Å². The van der Waals surface area contributed by atoms with Crippen molar-refractivity contribution in [3.05, 3.63) is 29.8 Å². The molecule has 0 bridgehead atoms. The number of aliphatic hydroxyl groups excluding tert-OH is 1. The van der Waals surface area contributed by atoms with Crippen molar-refractivity contribution >= 4 is 11.8 Å². The maximum Gasteiger partial charge on any atom is 0.0505 e. The van der Waals surface area contributed by atoms with Crippen molar-refractivity contribution in [2.75, 3.05) is 19.4 Å². The van der Waals surface area contributed by atoms with E-state index in [4.69, 9.17) is 0 Å². The summed E-state index contributed by atoms with van der Waals surface area (Å²) in [5, 5.41) is 13.1. The molecule has 1 aromatic carbocycles. The van der Waals surface area contributed by atoms with Gasteiger partial charge in [0.25, 0.3) is 0 Å². The Labute approximate surface area is 114 Å². The van der Waals surface area contributed by atoms with Gasteiger partial charge in [-0.2, -0.15) is 0 Å². The number of hydrogen-bond donors (Lipinski definition) is 2. The molecule has 0 heterocycles. The average molecular weight is 265 g/mol. The third-order valence-corrected chi connectivity index (χ3v) is 4.98. The fourth-order valence-corrected chi connectivity index (χ4v) is 3.58. The molecule has 1 unspecified atom stereocenters. The molecule has 100 valence electrons. The first-order valence-corrected chi connectivity index (χ1v) is 7.75. The van der Waals surface area contributed by atoms with Crippen LogP contribution >= 0.6 is 11.8 Å². The van der Waals surface area contributed by atoms with Crippen LogP contribution in [0.1, 0.15) is 37.8 Å². The Bertz CT molecular complexity index is 367. The molecule has 2 nitrogen and oxygen atoms in total. The molecule has 1 aliphatic carbocycles. The minimum atomic E-state index is 0.0637. The molecule has 0 radical (unpaired) electrons. The van der Waals surface area contributed by atoms with Gasteiger partial charge in [0, 0.05) is 16.4 Å². The molecule has 0 spiro atoms. The predicted octanol–water partition coefficient (Wildman–Crippen LogP) is 3.22. The van der Waals surface area contributed by atoms with Crippen molar-refractivity contribution in [2.24, 2.45) is 5.41 Å². The zero-order chi connectivity index (χ0) is 13.0. The lowest BCUT2D eigenvalue weighted by molar-refractivity contribution is 0.00782. The van der Waals surface area contributed by atoms with Crippen LogP contribution < -0.4 is 5.32 Å². The smallest absolute Gasteiger partial charge is 0.0505 e. The lowest BCUT2D eigenvalue weighted by atomic mass is 9.63. The van der Waals surface area contributed by atoms with Crippen molar-refractivity contribution < 1.29 is 5.11 Å². The summed E-state index contributed by atoms with van der Waals surface area (Å²) in [5.41, 5.74) is 1.36. The van der Waals surface area contributed by atoms with E-state index in [0.29, 0.717) is 0 Å². The van der Waals surface area contributed by atoms with Crippen LogP contribution in [0, 0.1) is 5.41 Å². The van der Waals surface area contributed by atoms with E-state index in [1.807, 2.05) is 18.8 Å². The van der Waals surface area contributed by atoms with E-state index in [2.05, 4.69) is 36.5 Å². The molecule has 3 heteroatoms. The molecule has 0 saturated heterocycles. The van der Waals surface area contributed by atoms with Crippen LogP contribution in [0.4, 0.5) is 0 Å². The first kappa shape index (κ1) is 13.9. The second kappa shape index (κ2) is 6.09. The highest BCUT2D eigenvalue weighted by molar-refractivity contribution is 7.99. The Hall–Kier alpha value is -0.510. The van der Waals surface area contributed by atoms with Crippen LogP contribution in [0.25, 0.3) is 0 Å². The highest BCUT2D eigenvalue weighted by Gasteiger charge is 2.43. The lowest BCUT2D eigenvalue weighted by Crippen LogP contribution is -2.44. The Morgan fingerprint density at radius 3 is 2.39 bits per heavy atom. The number of benzene rings is 1. The summed E-state index contributed by atoms with van der Waals surface area (Å²) in [6.45, 7) is 2.45. The molecular weight excluding hydrogens is 242 g/mol. The van der Waals surface area contributed by atoms with Gasteiger partial charge in [-0.05, 0) is 43.3 Å². The molecule has 1 atom stereocenters. The monoisotopic (exact) mass is 265 g/mol. The van der Waals surface area contributed by atoms with Gasteiger partial charge in [0.05, 0.1) is 6.61 Å². The summed E-state index contributed by atoms with van der Waals surface area (Å²) in [7, 11) is 2.00. The van der Waals surface area contributed by atoms with Crippen LogP contribution in [0.2, 0.25) is 0 Å². The highest BCUT2D eigenvalue weighted by atomic mass is 32.2. The minimum Gasteiger partial charge on any atom is -0.396 e. The lowest BCUT2D eigenvalue weighted by Gasteiger charge is -2.46. The molecule has 2 rings (SSSR count). The van der Waals surface area contributed by atoms with Gasteiger partial charge in [-0.3, -0.25) is 0 Å². The largest absolute Gasteiger partial charge is 0.396 e. The molecule has 1 aliphatic rings. The van der Waals surface area contributed by atoms with Crippen molar-refractivity contribution in [3.63, 3.8) is 0 Å². The normalized spacial score (nSPS) is 19.3.